The number of halogens is 3. The largest absolute Gasteiger partial charge is 0.321 e. The topological polar surface area (TPSA) is 63.7 Å². The van der Waals surface area contributed by atoms with Crippen LogP contribution in [0, 0.1) is 18.3 Å². The highest BCUT2D eigenvalue weighted by Crippen LogP contribution is 2.27. The number of hydrogen-bond acceptors (Lipinski definition) is 3. The molecule has 4 rings (SSSR count). The number of carbonyl (C=O) groups excluding carboxylic acids is 1. The van der Waals surface area contributed by atoms with Gasteiger partial charge in [0.1, 0.15) is 0 Å². The fraction of sp³-hybridized carbons (Fsp3) is 0.192. The van der Waals surface area contributed by atoms with Gasteiger partial charge in [-0.1, -0.05) is 29.3 Å². The predicted octanol–water partition coefficient (Wildman–Crippen LogP) is 5.99. The van der Waals surface area contributed by atoms with Crippen molar-refractivity contribution in [3.63, 3.8) is 0 Å². The number of imidazole rings is 1. The minimum atomic E-state index is -0.547. The quantitative estimate of drug-likeness (QED) is 0.252. The van der Waals surface area contributed by atoms with E-state index in [4.69, 9.17) is 28.6 Å². The van der Waals surface area contributed by atoms with Crippen molar-refractivity contribution in [2.45, 2.75) is 26.3 Å². The molecule has 0 saturated heterocycles. The number of ketones is 1. The van der Waals surface area contributed by atoms with E-state index >= 15 is 0 Å². The maximum atomic E-state index is 13.6. The first-order valence-corrected chi connectivity index (χ1v) is 11.5. The third kappa shape index (κ3) is 5.29. The minimum absolute atomic E-state index is 0.0222. The van der Waals surface area contributed by atoms with E-state index in [1.807, 2.05) is 36.7 Å². The van der Waals surface area contributed by atoms with Crippen LogP contribution in [0.15, 0.2) is 60.9 Å². The zero-order valence-corrected chi connectivity index (χ0v) is 20.3. The van der Waals surface area contributed by atoms with Gasteiger partial charge in [0.25, 0.3) is 0 Å². The molecule has 0 aliphatic carbocycles. The van der Waals surface area contributed by atoms with Crippen LogP contribution in [0.3, 0.4) is 0 Å². The van der Waals surface area contributed by atoms with Gasteiger partial charge in [-0.25, -0.2) is 4.98 Å². The van der Waals surface area contributed by atoms with Crippen LogP contribution >= 0.6 is 23.2 Å². The van der Waals surface area contributed by atoms with Crippen molar-refractivity contribution in [1.82, 2.24) is 14.1 Å². The lowest BCUT2D eigenvalue weighted by atomic mass is 9.95. The van der Waals surface area contributed by atoms with Crippen LogP contribution in [-0.2, 0) is 20.0 Å². The van der Waals surface area contributed by atoms with E-state index < -0.39 is 5.95 Å². The van der Waals surface area contributed by atoms with E-state index in [-0.39, 0.29) is 5.78 Å². The number of pyridine rings is 1. The third-order valence-electron chi connectivity index (χ3n) is 5.73. The second-order valence-electron chi connectivity index (χ2n) is 8.22. The van der Waals surface area contributed by atoms with Crippen molar-refractivity contribution in [3.05, 3.63) is 105 Å². The molecule has 0 saturated carbocycles. The Morgan fingerprint density at radius 3 is 2.50 bits per heavy atom. The van der Waals surface area contributed by atoms with E-state index in [1.165, 1.54) is 6.07 Å². The first-order chi connectivity index (χ1) is 16.2. The summed E-state index contributed by atoms with van der Waals surface area (Å²) in [4.78, 5) is 17.1. The molecule has 0 amide bonds. The molecule has 2 aromatic heterocycles. The number of Topliss-reactive ketones (excluding diaryl/α,β-unsaturated/α-hetero) is 1. The highest BCUT2D eigenvalue weighted by Gasteiger charge is 2.14. The average molecular weight is 497 g/mol. The van der Waals surface area contributed by atoms with E-state index in [0.717, 1.165) is 22.3 Å². The van der Waals surface area contributed by atoms with E-state index in [1.54, 1.807) is 41.3 Å². The molecule has 34 heavy (non-hydrogen) atoms. The van der Waals surface area contributed by atoms with Crippen LogP contribution in [-0.4, -0.2) is 19.9 Å². The van der Waals surface area contributed by atoms with Crippen molar-refractivity contribution in [3.8, 4) is 11.1 Å². The third-order valence-corrected chi connectivity index (χ3v) is 6.47. The molecule has 4 aromatic rings. The molecular formula is C26H23Cl2FN4O. The van der Waals surface area contributed by atoms with Crippen molar-refractivity contribution < 1.29 is 9.18 Å². The molecule has 0 bridgehead atoms. The van der Waals surface area contributed by atoms with E-state index in [9.17, 15) is 9.18 Å². The number of benzene rings is 2. The molecule has 2 aromatic carbocycles. The molecule has 5 nitrogen and oxygen atoms in total. The van der Waals surface area contributed by atoms with Gasteiger partial charge in [-0.05, 0) is 72.5 Å². The zero-order chi connectivity index (χ0) is 24.4. The van der Waals surface area contributed by atoms with Crippen LogP contribution in [0.2, 0.25) is 10.0 Å². The van der Waals surface area contributed by atoms with E-state index in [0.29, 0.717) is 46.3 Å². The van der Waals surface area contributed by atoms with Gasteiger partial charge < -0.3 is 9.13 Å². The van der Waals surface area contributed by atoms with Crippen molar-refractivity contribution >= 4 is 29.0 Å². The summed E-state index contributed by atoms with van der Waals surface area (Å²) in [6.07, 6.45) is 4.45. The van der Waals surface area contributed by atoms with Gasteiger partial charge in [0.05, 0.1) is 16.6 Å². The van der Waals surface area contributed by atoms with Crippen molar-refractivity contribution in [1.29, 1.82) is 5.41 Å². The maximum absolute atomic E-state index is 13.6. The van der Waals surface area contributed by atoms with Crippen LogP contribution in [0.25, 0.3) is 11.1 Å². The number of aryl methyl sites for hydroxylation is 3. The molecule has 174 valence electrons. The fourth-order valence-electron chi connectivity index (χ4n) is 3.88. The standard InChI is InChI=1S/C26H23Cl2FN4O/c1-16-21(5-8-25(29)31-16)19-11-18(15-33-10-9-32(2)26(33)30)12-20(14-19)24(34)7-4-17-3-6-22(27)23(28)13-17/h3,5-6,8-14,30H,4,7,15H2,1-2H3. The number of rotatable bonds is 7. The Labute approximate surface area is 206 Å². The first kappa shape index (κ1) is 23.9. The molecule has 0 aliphatic heterocycles. The maximum Gasteiger partial charge on any atom is 0.213 e. The molecule has 0 spiro atoms. The summed E-state index contributed by atoms with van der Waals surface area (Å²) in [5.74, 6) is -0.569. The smallest absolute Gasteiger partial charge is 0.213 e. The summed E-state index contributed by atoms with van der Waals surface area (Å²) < 4.78 is 17.1. The van der Waals surface area contributed by atoms with Crippen LogP contribution < -0.4 is 5.62 Å². The predicted molar refractivity (Wildman–Crippen MR) is 132 cm³/mol. The molecule has 0 atom stereocenters. The van der Waals surface area contributed by atoms with E-state index in [2.05, 4.69) is 4.98 Å². The first-order valence-electron chi connectivity index (χ1n) is 10.7. The second-order valence-corrected chi connectivity index (χ2v) is 9.03. The molecule has 0 unspecified atom stereocenters. The lowest BCUT2D eigenvalue weighted by molar-refractivity contribution is 0.0982. The number of nitrogens with zero attached hydrogens (tertiary/aromatic N) is 3. The molecule has 0 fully saturated rings. The summed E-state index contributed by atoms with van der Waals surface area (Å²) in [6, 6.07) is 14.0. The van der Waals surface area contributed by atoms with Crippen molar-refractivity contribution in [2.75, 3.05) is 0 Å². The Hall–Kier alpha value is -3.22. The van der Waals surface area contributed by atoms with Gasteiger partial charge in [-0.3, -0.25) is 10.2 Å². The average Bonchev–Trinajstić information content (AvgIpc) is 3.11. The molecule has 8 heteroatoms. The number of nitrogens with one attached hydrogen (secondary N) is 1. The summed E-state index contributed by atoms with van der Waals surface area (Å²) in [6.45, 7) is 2.17. The Balaban J connectivity index is 1.68. The molecule has 2 heterocycles. The SMILES string of the molecule is Cc1nc(F)ccc1-c1cc(Cn2ccn(C)c2=N)cc(C(=O)CCc2ccc(Cl)c(Cl)c2)c1. The second kappa shape index (κ2) is 9.95. The van der Waals surface area contributed by atoms with Crippen LogP contribution in [0.5, 0.6) is 0 Å². The summed E-state index contributed by atoms with van der Waals surface area (Å²) in [5.41, 5.74) is 4.77. The number of hydrogen-bond donors (Lipinski definition) is 1. The lowest BCUT2D eigenvalue weighted by Crippen LogP contribution is -2.22. The van der Waals surface area contributed by atoms with Gasteiger partial charge in [0.15, 0.2) is 5.78 Å². The summed E-state index contributed by atoms with van der Waals surface area (Å²) in [5, 5.41) is 9.15. The molecule has 0 radical (unpaired) electrons. The van der Waals surface area contributed by atoms with Gasteiger partial charge in [0, 0.05) is 42.7 Å². The zero-order valence-electron chi connectivity index (χ0n) is 18.8. The van der Waals surface area contributed by atoms with Crippen LogP contribution in [0.1, 0.15) is 33.6 Å². The monoisotopic (exact) mass is 496 g/mol. The minimum Gasteiger partial charge on any atom is -0.321 e. The molecule has 1 N–H and O–H groups in total. The van der Waals surface area contributed by atoms with Gasteiger partial charge in [-0.2, -0.15) is 4.39 Å². The van der Waals surface area contributed by atoms with Gasteiger partial charge in [0.2, 0.25) is 11.6 Å². The summed E-state index contributed by atoms with van der Waals surface area (Å²) >= 11 is 12.1. The Morgan fingerprint density at radius 2 is 1.82 bits per heavy atom. The highest BCUT2D eigenvalue weighted by molar-refractivity contribution is 6.42. The van der Waals surface area contributed by atoms with Gasteiger partial charge >= 0.3 is 0 Å². The fourth-order valence-corrected chi connectivity index (χ4v) is 4.20. The Kier molecular flexibility index (Phi) is 7.00. The Bertz CT molecular complexity index is 1440. The van der Waals surface area contributed by atoms with Gasteiger partial charge in [-0.15, -0.1) is 0 Å². The Morgan fingerprint density at radius 1 is 1.03 bits per heavy atom. The molecule has 0 aliphatic rings. The number of aromatic nitrogens is 3. The highest BCUT2D eigenvalue weighted by atomic mass is 35.5. The normalized spacial score (nSPS) is 11.1. The lowest BCUT2D eigenvalue weighted by Gasteiger charge is -2.12. The van der Waals surface area contributed by atoms with Crippen molar-refractivity contribution in [2.24, 2.45) is 7.05 Å². The summed E-state index contributed by atoms with van der Waals surface area (Å²) in [7, 11) is 1.81. The molecular weight excluding hydrogens is 474 g/mol. The van der Waals surface area contributed by atoms with Crippen LogP contribution in [0.4, 0.5) is 4.39 Å². The number of carbonyl (C=O) groups is 1.